The van der Waals surface area contributed by atoms with Crippen LogP contribution in [-0.4, -0.2) is 4.98 Å². The summed E-state index contributed by atoms with van der Waals surface area (Å²) in [6, 6.07) is 4.00. The Hall–Kier alpha value is -0.900. The molecule has 1 nitrogen and oxygen atoms in total. The zero-order chi connectivity index (χ0) is 8.23. The predicted molar refractivity (Wildman–Crippen MR) is 66.1 cm³/mol. The minimum atomic E-state index is 0. The molecule has 0 saturated heterocycles. The molecule has 0 unspecified atom stereocenters. The Bertz CT molecular complexity index is 400. The fraction of sp³-hybridized carbons (Fsp3) is 0. The van der Waals surface area contributed by atoms with Crippen LogP contribution in [0.1, 0.15) is 0 Å². The number of hydrogen-bond acceptors (Lipinski definition) is 1. The van der Waals surface area contributed by atoms with Crippen LogP contribution in [0.3, 0.4) is 0 Å². The molecule has 0 bridgehead atoms. The number of aromatic nitrogens is 1. The normalized spacial score (nSPS) is 22.8. The van der Waals surface area contributed by atoms with E-state index < -0.39 is 0 Å². The molecule has 1 aliphatic carbocycles. The molecule has 0 fully saturated rings. The van der Waals surface area contributed by atoms with Gasteiger partial charge in [-0.1, -0.05) is 36.4 Å². The van der Waals surface area contributed by atoms with Gasteiger partial charge in [0.2, 0.25) is 0 Å². The van der Waals surface area contributed by atoms with Crippen molar-refractivity contribution in [3.8, 4) is 0 Å². The Morgan fingerprint density at radius 2 is 1.69 bits per heavy atom. The van der Waals surface area contributed by atoms with Crippen molar-refractivity contribution >= 4 is 36.1 Å². The van der Waals surface area contributed by atoms with Crippen LogP contribution >= 0.6 is 24.0 Å². The average molecular weight is 283 g/mol. The lowest BCUT2D eigenvalue weighted by Crippen LogP contribution is -2.26. The molecule has 0 atom stereocenters. The van der Waals surface area contributed by atoms with Gasteiger partial charge < -0.3 is 0 Å². The number of rotatable bonds is 0. The highest BCUT2D eigenvalue weighted by atomic mass is 127. The number of fused-ring (bicyclic) bond motifs is 1. The smallest absolute Gasteiger partial charge is 0.0701 e. The van der Waals surface area contributed by atoms with Gasteiger partial charge in [-0.25, -0.2) is 0 Å². The molecular formula is C11H10IN. The number of halogens is 1. The maximum atomic E-state index is 4.25. The second-order valence-electron chi connectivity index (χ2n) is 2.58. The summed E-state index contributed by atoms with van der Waals surface area (Å²) in [5.41, 5.74) is 0. The molecule has 0 aromatic carbocycles. The Kier molecular flexibility index (Phi) is 3.89. The third kappa shape index (κ3) is 2.52. The topological polar surface area (TPSA) is 12.9 Å². The summed E-state index contributed by atoms with van der Waals surface area (Å²) in [6.07, 6.45) is 13.9. The summed E-state index contributed by atoms with van der Waals surface area (Å²) in [5.74, 6) is 0. The number of pyridine rings is 1. The van der Waals surface area contributed by atoms with E-state index in [1.54, 1.807) is 0 Å². The summed E-state index contributed by atoms with van der Waals surface area (Å²) in [7, 11) is 0. The minimum absolute atomic E-state index is 0. The Morgan fingerprint density at radius 3 is 2.54 bits per heavy atom. The molecule has 1 aromatic heterocycles. The molecule has 66 valence electrons. The molecule has 0 N–H and O–H groups in total. The maximum absolute atomic E-state index is 4.25. The van der Waals surface area contributed by atoms with Crippen molar-refractivity contribution in [1.82, 2.24) is 4.98 Å². The van der Waals surface area contributed by atoms with Crippen LogP contribution in [-0.2, 0) is 0 Å². The molecule has 13 heavy (non-hydrogen) atoms. The molecule has 2 rings (SSSR count). The van der Waals surface area contributed by atoms with Crippen LogP contribution in [0.25, 0.3) is 12.2 Å². The van der Waals surface area contributed by atoms with E-state index in [9.17, 15) is 0 Å². The van der Waals surface area contributed by atoms with E-state index in [4.69, 9.17) is 0 Å². The largest absolute Gasteiger partial charge is 0.256 e. The van der Waals surface area contributed by atoms with Crippen molar-refractivity contribution < 1.29 is 0 Å². The molecule has 1 aromatic rings. The van der Waals surface area contributed by atoms with Crippen LogP contribution in [0, 0.1) is 0 Å². The van der Waals surface area contributed by atoms with Gasteiger partial charge in [-0.05, 0) is 12.1 Å². The maximum Gasteiger partial charge on any atom is 0.0701 e. The fourth-order valence-corrected chi connectivity index (χ4v) is 1.14. The third-order valence-corrected chi connectivity index (χ3v) is 1.73. The zero-order valence-electron chi connectivity index (χ0n) is 7.05. The molecule has 0 amide bonds. The predicted octanol–water partition coefficient (Wildman–Crippen LogP) is 1.39. The first-order chi connectivity index (χ1) is 5.97. The van der Waals surface area contributed by atoms with Crippen molar-refractivity contribution in [2.45, 2.75) is 0 Å². The highest BCUT2D eigenvalue weighted by Gasteiger charge is 1.83. The molecule has 0 aliphatic heterocycles. The lowest BCUT2D eigenvalue weighted by atomic mass is 10.2. The molecule has 0 spiro atoms. The Morgan fingerprint density at radius 1 is 0.923 bits per heavy atom. The van der Waals surface area contributed by atoms with E-state index in [1.807, 2.05) is 42.6 Å². The van der Waals surface area contributed by atoms with Crippen LogP contribution < -0.4 is 10.6 Å². The summed E-state index contributed by atoms with van der Waals surface area (Å²) in [4.78, 5) is 4.25. The van der Waals surface area contributed by atoms with Gasteiger partial charge in [-0.2, -0.15) is 0 Å². The first-order valence-electron chi connectivity index (χ1n) is 3.93. The highest BCUT2D eigenvalue weighted by molar-refractivity contribution is 14.0. The van der Waals surface area contributed by atoms with Crippen molar-refractivity contribution in [3.05, 3.63) is 53.2 Å². The van der Waals surface area contributed by atoms with Crippen LogP contribution in [0.5, 0.6) is 0 Å². The van der Waals surface area contributed by atoms with Crippen molar-refractivity contribution in [3.63, 3.8) is 0 Å². The van der Waals surface area contributed by atoms with Gasteiger partial charge in [0.15, 0.2) is 0 Å². The second-order valence-corrected chi connectivity index (χ2v) is 2.58. The highest BCUT2D eigenvalue weighted by Crippen LogP contribution is 1.82. The third-order valence-electron chi connectivity index (χ3n) is 1.73. The van der Waals surface area contributed by atoms with Crippen molar-refractivity contribution in [1.29, 1.82) is 0 Å². The summed E-state index contributed by atoms with van der Waals surface area (Å²) < 4.78 is 0. The summed E-state index contributed by atoms with van der Waals surface area (Å²) in [5, 5.41) is 2.19. The van der Waals surface area contributed by atoms with Gasteiger partial charge in [0.1, 0.15) is 0 Å². The monoisotopic (exact) mass is 283 g/mol. The van der Waals surface area contributed by atoms with Gasteiger partial charge in [-0.15, -0.1) is 24.0 Å². The molecular weight excluding hydrogens is 273 g/mol. The molecule has 1 heterocycles. The average Bonchev–Trinajstić information content (AvgIpc) is 2.06. The molecule has 1 aliphatic rings. The van der Waals surface area contributed by atoms with Gasteiger partial charge in [0, 0.05) is 11.4 Å². The van der Waals surface area contributed by atoms with E-state index in [-0.39, 0.29) is 24.0 Å². The SMILES string of the molecule is C1=C\C=c2\cccn\c2=C\C=C/1.I. The van der Waals surface area contributed by atoms with Crippen molar-refractivity contribution in [2.75, 3.05) is 0 Å². The van der Waals surface area contributed by atoms with E-state index in [0.29, 0.717) is 0 Å². The second kappa shape index (κ2) is 4.97. The van der Waals surface area contributed by atoms with Gasteiger partial charge in [0.25, 0.3) is 0 Å². The standard InChI is InChI=1S/C11H9N.HI/c1-2-4-8-11-10(6-3-1)7-5-9-12-11;/h1-9H;1H/b2-1?,3-1-,4-2-,6-3?,8-4?,10-6-,11-8+;. The van der Waals surface area contributed by atoms with Crippen LogP contribution in [0.2, 0.25) is 0 Å². The van der Waals surface area contributed by atoms with Crippen LogP contribution in [0.4, 0.5) is 0 Å². The quantitative estimate of drug-likeness (QED) is 0.656. The van der Waals surface area contributed by atoms with E-state index in [0.717, 1.165) is 10.6 Å². The van der Waals surface area contributed by atoms with Gasteiger partial charge in [-0.3, -0.25) is 4.98 Å². The number of nitrogens with zero attached hydrogens (tertiary/aromatic N) is 1. The summed E-state index contributed by atoms with van der Waals surface area (Å²) in [6.45, 7) is 0. The van der Waals surface area contributed by atoms with Gasteiger partial charge >= 0.3 is 0 Å². The van der Waals surface area contributed by atoms with E-state index in [2.05, 4.69) is 17.1 Å². The minimum Gasteiger partial charge on any atom is -0.256 e. The van der Waals surface area contributed by atoms with Crippen LogP contribution in [0.15, 0.2) is 42.6 Å². The Balaban J connectivity index is 0.000000845. The van der Waals surface area contributed by atoms with Gasteiger partial charge in [0.05, 0.1) is 5.35 Å². The lowest BCUT2D eigenvalue weighted by Gasteiger charge is -1.88. The zero-order valence-corrected chi connectivity index (χ0v) is 9.38. The first-order valence-corrected chi connectivity index (χ1v) is 3.93. The first kappa shape index (κ1) is 10.2. The van der Waals surface area contributed by atoms with E-state index >= 15 is 0 Å². The van der Waals surface area contributed by atoms with Crippen molar-refractivity contribution in [2.24, 2.45) is 0 Å². The number of hydrogen-bond donors (Lipinski definition) is 0. The summed E-state index contributed by atoms with van der Waals surface area (Å²) >= 11 is 0. The fourth-order valence-electron chi connectivity index (χ4n) is 1.14. The molecule has 0 saturated carbocycles. The molecule has 0 radical (unpaired) electrons. The number of allylic oxidation sites excluding steroid dienone is 4. The lowest BCUT2D eigenvalue weighted by molar-refractivity contribution is 1.22. The molecule has 2 heteroatoms. The van der Waals surface area contributed by atoms with E-state index in [1.165, 1.54) is 0 Å². The Labute approximate surface area is 94.2 Å².